The lowest BCUT2D eigenvalue weighted by molar-refractivity contribution is 0.0697. The number of nitrogens with zero attached hydrogens (tertiary/aromatic N) is 2. The Hall–Kier alpha value is -2.30. The van der Waals surface area contributed by atoms with Crippen molar-refractivity contribution < 1.29 is 9.90 Å². The van der Waals surface area contributed by atoms with E-state index in [4.69, 9.17) is 10.8 Å². The Kier molecular flexibility index (Phi) is 2.74. The number of aryl methyl sites for hydroxylation is 1. The molecule has 5 nitrogen and oxygen atoms in total. The lowest BCUT2D eigenvalue weighted by Crippen LogP contribution is -2.09. The number of carboxylic acid groups (broad SMARTS) is 1. The molecule has 1 aliphatic rings. The molecule has 0 saturated carbocycles. The van der Waals surface area contributed by atoms with E-state index >= 15 is 0 Å². The summed E-state index contributed by atoms with van der Waals surface area (Å²) in [6.07, 6.45) is 5.99. The number of rotatable bonds is 2. The molecule has 0 radical (unpaired) electrons. The van der Waals surface area contributed by atoms with E-state index in [1.54, 1.807) is 18.5 Å². The lowest BCUT2D eigenvalue weighted by Gasteiger charge is -2.15. The zero-order valence-corrected chi connectivity index (χ0v) is 10.5. The molecule has 19 heavy (non-hydrogen) atoms. The summed E-state index contributed by atoms with van der Waals surface area (Å²) in [5.41, 5.74) is 9.74. The average molecular weight is 257 g/mol. The number of carboxylic acids is 1. The number of nitrogens with two attached hydrogens (primary N) is 1. The quantitative estimate of drug-likeness (QED) is 0.806. The predicted octanol–water partition coefficient (Wildman–Crippen LogP) is 2.03. The Labute approximate surface area is 110 Å². The molecule has 0 spiro atoms. The van der Waals surface area contributed by atoms with Crippen LogP contribution >= 0.6 is 0 Å². The molecule has 0 aliphatic heterocycles. The zero-order valence-electron chi connectivity index (χ0n) is 10.5. The van der Waals surface area contributed by atoms with Crippen LogP contribution in [0.3, 0.4) is 0 Å². The van der Waals surface area contributed by atoms with Crippen LogP contribution in [0.4, 0.5) is 5.69 Å². The van der Waals surface area contributed by atoms with Gasteiger partial charge in [-0.1, -0.05) is 0 Å². The van der Waals surface area contributed by atoms with Crippen LogP contribution in [0, 0.1) is 0 Å². The predicted molar refractivity (Wildman–Crippen MR) is 71.6 cm³/mol. The Balaban J connectivity index is 2.13. The molecule has 1 aromatic carbocycles. The molecule has 0 amide bonds. The first-order valence-corrected chi connectivity index (χ1v) is 6.35. The Bertz CT molecular complexity index is 646. The molecule has 1 heterocycles. The Morgan fingerprint density at radius 1 is 1.32 bits per heavy atom. The number of aromatic carboxylic acids is 1. The van der Waals surface area contributed by atoms with Crippen molar-refractivity contribution in [2.24, 2.45) is 0 Å². The topological polar surface area (TPSA) is 81.1 Å². The first-order chi connectivity index (χ1) is 9.16. The molecule has 0 bridgehead atoms. The highest BCUT2D eigenvalue weighted by Crippen LogP contribution is 2.26. The highest BCUT2D eigenvalue weighted by Gasteiger charge is 2.18. The van der Waals surface area contributed by atoms with Crippen molar-refractivity contribution in [3.05, 3.63) is 41.5 Å². The summed E-state index contributed by atoms with van der Waals surface area (Å²) in [5.74, 6) is -0.949. The normalized spacial score (nSPS) is 14.1. The van der Waals surface area contributed by atoms with Gasteiger partial charge in [-0.3, -0.25) is 0 Å². The molecule has 0 atom stereocenters. The summed E-state index contributed by atoms with van der Waals surface area (Å²) in [7, 11) is 0. The largest absolute Gasteiger partial charge is 0.478 e. The summed E-state index contributed by atoms with van der Waals surface area (Å²) in [4.78, 5) is 15.5. The van der Waals surface area contributed by atoms with Crippen LogP contribution in [-0.2, 0) is 12.8 Å². The number of anilines is 1. The van der Waals surface area contributed by atoms with Crippen LogP contribution < -0.4 is 5.73 Å². The Morgan fingerprint density at radius 2 is 2.11 bits per heavy atom. The van der Waals surface area contributed by atoms with E-state index < -0.39 is 5.97 Å². The van der Waals surface area contributed by atoms with Crippen molar-refractivity contribution in [3.63, 3.8) is 0 Å². The SMILES string of the molecule is Nc1ccc(C(=O)O)cc1-n1cnc2c1CCCC2. The van der Waals surface area contributed by atoms with E-state index in [0.29, 0.717) is 11.4 Å². The van der Waals surface area contributed by atoms with Gasteiger partial charge in [0.15, 0.2) is 0 Å². The van der Waals surface area contributed by atoms with E-state index in [1.165, 1.54) is 6.07 Å². The summed E-state index contributed by atoms with van der Waals surface area (Å²) in [6.45, 7) is 0. The van der Waals surface area contributed by atoms with Crippen molar-refractivity contribution >= 4 is 11.7 Å². The van der Waals surface area contributed by atoms with Gasteiger partial charge in [-0.05, 0) is 43.9 Å². The second-order valence-corrected chi connectivity index (χ2v) is 4.79. The van der Waals surface area contributed by atoms with Gasteiger partial charge in [0.2, 0.25) is 0 Å². The van der Waals surface area contributed by atoms with Crippen LogP contribution in [-0.4, -0.2) is 20.6 Å². The maximum absolute atomic E-state index is 11.1. The molecule has 1 aliphatic carbocycles. The molecular weight excluding hydrogens is 242 g/mol. The zero-order chi connectivity index (χ0) is 13.4. The molecule has 3 N–H and O–H groups in total. The van der Waals surface area contributed by atoms with Gasteiger partial charge in [0.1, 0.15) is 0 Å². The number of aromatic nitrogens is 2. The molecule has 0 unspecified atom stereocenters. The van der Waals surface area contributed by atoms with E-state index in [1.807, 2.05) is 4.57 Å². The van der Waals surface area contributed by atoms with Gasteiger partial charge in [-0.2, -0.15) is 0 Å². The number of hydrogen-bond acceptors (Lipinski definition) is 3. The maximum atomic E-state index is 11.1. The van der Waals surface area contributed by atoms with Crippen molar-refractivity contribution in [1.29, 1.82) is 0 Å². The van der Waals surface area contributed by atoms with Gasteiger partial charge < -0.3 is 15.4 Å². The first-order valence-electron chi connectivity index (χ1n) is 6.35. The van der Waals surface area contributed by atoms with Gasteiger partial charge in [-0.25, -0.2) is 9.78 Å². The van der Waals surface area contributed by atoms with Crippen molar-refractivity contribution in [2.45, 2.75) is 25.7 Å². The molecule has 5 heteroatoms. The van der Waals surface area contributed by atoms with Crippen molar-refractivity contribution in [1.82, 2.24) is 9.55 Å². The van der Waals surface area contributed by atoms with E-state index in [2.05, 4.69) is 4.98 Å². The second-order valence-electron chi connectivity index (χ2n) is 4.79. The molecule has 1 aromatic heterocycles. The van der Waals surface area contributed by atoms with Crippen LogP contribution in [0.5, 0.6) is 0 Å². The Morgan fingerprint density at radius 3 is 2.89 bits per heavy atom. The monoisotopic (exact) mass is 257 g/mol. The van der Waals surface area contributed by atoms with Gasteiger partial charge in [0.05, 0.1) is 29.0 Å². The number of nitrogen functional groups attached to an aromatic ring is 1. The minimum Gasteiger partial charge on any atom is -0.478 e. The third-order valence-electron chi connectivity index (χ3n) is 3.57. The number of carbonyl (C=O) groups is 1. The minimum absolute atomic E-state index is 0.238. The van der Waals surface area contributed by atoms with Gasteiger partial charge >= 0.3 is 5.97 Å². The third kappa shape index (κ3) is 1.97. The average Bonchev–Trinajstić information content (AvgIpc) is 2.83. The number of benzene rings is 1. The summed E-state index contributed by atoms with van der Waals surface area (Å²) in [5, 5.41) is 9.07. The fourth-order valence-electron chi connectivity index (χ4n) is 2.56. The highest BCUT2D eigenvalue weighted by atomic mass is 16.4. The fraction of sp³-hybridized carbons (Fsp3) is 0.286. The summed E-state index contributed by atoms with van der Waals surface area (Å²) >= 11 is 0. The standard InChI is InChI=1S/C14H15N3O2/c15-10-6-5-9(14(18)19)7-13(10)17-8-16-11-3-1-2-4-12(11)17/h5-8H,1-4,15H2,(H,18,19). The highest BCUT2D eigenvalue weighted by molar-refractivity contribution is 5.89. The molecule has 0 saturated heterocycles. The van der Waals surface area contributed by atoms with Crippen LogP contribution in [0.15, 0.2) is 24.5 Å². The van der Waals surface area contributed by atoms with Crippen molar-refractivity contribution in [3.8, 4) is 5.69 Å². The number of fused-ring (bicyclic) bond motifs is 1. The van der Waals surface area contributed by atoms with Gasteiger partial charge in [-0.15, -0.1) is 0 Å². The lowest BCUT2D eigenvalue weighted by atomic mass is 10.0. The smallest absolute Gasteiger partial charge is 0.335 e. The van der Waals surface area contributed by atoms with Crippen LogP contribution in [0.2, 0.25) is 0 Å². The van der Waals surface area contributed by atoms with E-state index in [-0.39, 0.29) is 5.56 Å². The fourth-order valence-corrected chi connectivity index (χ4v) is 2.56. The molecular formula is C14H15N3O2. The summed E-state index contributed by atoms with van der Waals surface area (Å²) < 4.78 is 1.93. The maximum Gasteiger partial charge on any atom is 0.335 e. The van der Waals surface area contributed by atoms with Gasteiger partial charge in [0, 0.05) is 5.69 Å². The van der Waals surface area contributed by atoms with Crippen molar-refractivity contribution in [2.75, 3.05) is 5.73 Å². The van der Waals surface area contributed by atoms with E-state index in [9.17, 15) is 4.79 Å². The summed E-state index contributed by atoms with van der Waals surface area (Å²) in [6, 6.07) is 4.76. The van der Waals surface area contributed by atoms with Crippen LogP contribution in [0.25, 0.3) is 5.69 Å². The molecule has 98 valence electrons. The van der Waals surface area contributed by atoms with Crippen LogP contribution in [0.1, 0.15) is 34.6 Å². The number of imidazole rings is 1. The first kappa shape index (κ1) is 11.8. The van der Waals surface area contributed by atoms with Gasteiger partial charge in [0.25, 0.3) is 0 Å². The molecule has 0 fully saturated rings. The minimum atomic E-state index is -0.949. The third-order valence-corrected chi connectivity index (χ3v) is 3.57. The van der Waals surface area contributed by atoms with E-state index in [0.717, 1.165) is 37.1 Å². The number of hydrogen-bond donors (Lipinski definition) is 2. The molecule has 2 aromatic rings. The molecule has 3 rings (SSSR count). The second kappa shape index (κ2) is 4.42.